The summed E-state index contributed by atoms with van der Waals surface area (Å²) < 4.78 is 33.1. The summed E-state index contributed by atoms with van der Waals surface area (Å²) in [5.74, 6) is 1.64. The average molecular weight is 472 g/mol. The molecule has 2 heterocycles. The van der Waals surface area contributed by atoms with Gasteiger partial charge in [-0.2, -0.15) is 0 Å². The number of hydrogen-bond donors (Lipinski definition) is 1. The number of benzene rings is 1. The Morgan fingerprint density at radius 3 is 2.42 bits per heavy atom. The van der Waals surface area contributed by atoms with Gasteiger partial charge in [0.15, 0.2) is 0 Å². The Morgan fingerprint density at radius 2 is 1.79 bits per heavy atom. The number of nitrogens with one attached hydrogen (secondary N) is 1. The van der Waals surface area contributed by atoms with Gasteiger partial charge in [0.05, 0.1) is 19.0 Å². The first-order chi connectivity index (χ1) is 15.8. The summed E-state index contributed by atoms with van der Waals surface area (Å²) in [6.07, 6.45) is 8.43. The maximum Gasteiger partial charge on any atom is 0.208 e. The third-order valence-electron chi connectivity index (χ3n) is 7.01. The quantitative estimate of drug-likeness (QED) is 0.656. The number of rotatable bonds is 7. The number of ether oxygens (including phenoxy) is 1. The van der Waals surface area contributed by atoms with Crippen molar-refractivity contribution < 1.29 is 13.2 Å². The zero-order valence-corrected chi connectivity index (χ0v) is 20.9. The largest absolute Gasteiger partial charge is 0.378 e. The van der Waals surface area contributed by atoms with Gasteiger partial charge in [-0.25, -0.2) is 18.1 Å². The zero-order chi connectivity index (χ0) is 23.4. The van der Waals surface area contributed by atoms with Crippen LogP contribution in [0.1, 0.15) is 54.7 Å². The van der Waals surface area contributed by atoms with E-state index in [9.17, 15) is 8.42 Å². The highest BCUT2D eigenvalue weighted by molar-refractivity contribution is 7.88. The number of sulfonamides is 1. The predicted molar refractivity (Wildman–Crippen MR) is 133 cm³/mol. The Morgan fingerprint density at radius 1 is 1.06 bits per heavy atom. The van der Waals surface area contributed by atoms with Crippen molar-refractivity contribution >= 4 is 15.8 Å². The second-order valence-electron chi connectivity index (χ2n) is 9.91. The van der Waals surface area contributed by atoms with Crippen molar-refractivity contribution in [2.75, 3.05) is 30.9 Å². The van der Waals surface area contributed by atoms with E-state index < -0.39 is 10.0 Å². The molecule has 4 rings (SSSR count). The van der Waals surface area contributed by atoms with Gasteiger partial charge in [-0.15, -0.1) is 0 Å². The van der Waals surface area contributed by atoms with E-state index in [1.807, 2.05) is 18.2 Å². The van der Waals surface area contributed by atoms with E-state index in [0.29, 0.717) is 12.5 Å². The lowest BCUT2D eigenvalue weighted by atomic mass is 9.82. The first-order valence-corrected chi connectivity index (χ1v) is 14.0. The van der Waals surface area contributed by atoms with Crippen LogP contribution < -0.4 is 9.62 Å². The van der Waals surface area contributed by atoms with Crippen LogP contribution in [0.3, 0.4) is 0 Å². The Bertz CT molecular complexity index is 1000. The molecule has 1 aromatic heterocycles. The van der Waals surface area contributed by atoms with Gasteiger partial charge < -0.3 is 9.64 Å². The molecule has 1 aliphatic carbocycles. The number of anilines is 1. The molecule has 1 aromatic carbocycles. The Kier molecular flexibility index (Phi) is 7.72. The van der Waals surface area contributed by atoms with Gasteiger partial charge in [0.1, 0.15) is 5.82 Å². The standard InChI is InChI=1S/C26H37N3O3S/c1-19-14-20(2)16-22(15-19)21-7-9-24(10-8-21)32-18-23-17-29(26-6-4-5-12-27-26)13-11-25(23)28-33(3,30)31/h4-6,12,14-16,21,23-25,28H,7-11,13,17-18H2,1-3H3/t21-,23-,24+,25-/m0/s1. The summed E-state index contributed by atoms with van der Waals surface area (Å²) in [6, 6.07) is 12.7. The maximum absolute atomic E-state index is 11.9. The summed E-state index contributed by atoms with van der Waals surface area (Å²) in [5, 5.41) is 0. The van der Waals surface area contributed by atoms with Crippen molar-refractivity contribution in [1.82, 2.24) is 9.71 Å². The molecule has 0 amide bonds. The van der Waals surface area contributed by atoms with E-state index >= 15 is 0 Å². The number of aryl methyl sites for hydroxylation is 2. The van der Waals surface area contributed by atoms with Crippen molar-refractivity contribution in [3.8, 4) is 0 Å². The third kappa shape index (κ3) is 6.78. The van der Waals surface area contributed by atoms with Gasteiger partial charge in [0.2, 0.25) is 10.0 Å². The summed E-state index contributed by atoms with van der Waals surface area (Å²) >= 11 is 0. The monoisotopic (exact) mass is 471 g/mol. The lowest BCUT2D eigenvalue weighted by Gasteiger charge is -2.40. The van der Waals surface area contributed by atoms with Gasteiger partial charge in [-0.3, -0.25) is 0 Å². The number of pyridine rings is 1. The fraction of sp³-hybridized carbons (Fsp3) is 0.577. The van der Waals surface area contributed by atoms with Crippen LogP contribution in [0.15, 0.2) is 42.6 Å². The van der Waals surface area contributed by atoms with Gasteiger partial charge in [0, 0.05) is 31.2 Å². The molecule has 0 bridgehead atoms. The predicted octanol–water partition coefficient (Wildman–Crippen LogP) is 4.19. The Labute approximate surface area is 198 Å². The molecule has 0 radical (unpaired) electrons. The molecule has 0 spiro atoms. The average Bonchev–Trinajstić information content (AvgIpc) is 2.78. The Hall–Kier alpha value is -1.96. The minimum atomic E-state index is -3.27. The van der Waals surface area contributed by atoms with E-state index in [2.05, 4.69) is 46.7 Å². The molecule has 2 fully saturated rings. The summed E-state index contributed by atoms with van der Waals surface area (Å²) in [4.78, 5) is 6.72. The van der Waals surface area contributed by atoms with Crippen LogP contribution in [0.2, 0.25) is 0 Å². The molecule has 1 N–H and O–H groups in total. The van der Waals surface area contributed by atoms with E-state index in [1.54, 1.807) is 6.20 Å². The summed E-state index contributed by atoms with van der Waals surface area (Å²) in [5.41, 5.74) is 4.13. The lowest BCUT2D eigenvalue weighted by molar-refractivity contribution is -0.00213. The Balaban J connectivity index is 1.35. The minimum absolute atomic E-state index is 0.0904. The zero-order valence-electron chi connectivity index (χ0n) is 20.0. The lowest BCUT2D eigenvalue weighted by Crippen LogP contribution is -2.52. The van der Waals surface area contributed by atoms with Crippen LogP contribution in [0.5, 0.6) is 0 Å². The molecular formula is C26H37N3O3S. The van der Waals surface area contributed by atoms with Crippen LogP contribution in [-0.2, 0) is 14.8 Å². The first kappa shape index (κ1) is 24.2. The summed E-state index contributed by atoms with van der Waals surface area (Å²) in [7, 11) is -3.27. The number of hydrogen-bond acceptors (Lipinski definition) is 5. The number of nitrogens with zero attached hydrogens (tertiary/aromatic N) is 2. The molecule has 1 aliphatic heterocycles. The van der Waals surface area contributed by atoms with Crippen molar-refractivity contribution in [3.63, 3.8) is 0 Å². The van der Waals surface area contributed by atoms with Gasteiger partial charge in [-0.05, 0) is 69.6 Å². The second kappa shape index (κ2) is 10.5. The summed E-state index contributed by atoms with van der Waals surface area (Å²) in [6.45, 7) is 6.43. The molecule has 1 saturated heterocycles. The molecule has 2 aromatic rings. The first-order valence-electron chi connectivity index (χ1n) is 12.1. The molecule has 33 heavy (non-hydrogen) atoms. The van der Waals surface area contributed by atoms with E-state index in [4.69, 9.17) is 4.74 Å². The topological polar surface area (TPSA) is 71.5 Å². The smallest absolute Gasteiger partial charge is 0.208 e. The van der Waals surface area contributed by atoms with Gasteiger partial charge in [-0.1, -0.05) is 35.4 Å². The van der Waals surface area contributed by atoms with Crippen LogP contribution in [0.25, 0.3) is 0 Å². The molecule has 1 saturated carbocycles. The van der Waals surface area contributed by atoms with Crippen LogP contribution in [-0.4, -0.2) is 51.5 Å². The van der Waals surface area contributed by atoms with E-state index in [-0.39, 0.29) is 18.1 Å². The highest BCUT2D eigenvalue weighted by atomic mass is 32.2. The molecule has 0 unspecified atom stereocenters. The molecular weight excluding hydrogens is 434 g/mol. The number of piperidine rings is 1. The molecule has 2 atom stereocenters. The second-order valence-corrected chi connectivity index (χ2v) is 11.7. The highest BCUT2D eigenvalue weighted by Gasteiger charge is 2.33. The van der Waals surface area contributed by atoms with Gasteiger partial charge in [0.25, 0.3) is 0 Å². The maximum atomic E-state index is 11.9. The van der Waals surface area contributed by atoms with Crippen LogP contribution >= 0.6 is 0 Å². The third-order valence-corrected chi connectivity index (χ3v) is 7.74. The molecule has 180 valence electrons. The normalized spacial score (nSPS) is 26.3. The van der Waals surface area contributed by atoms with Crippen LogP contribution in [0, 0.1) is 19.8 Å². The highest BCUT2D eigenvalue weighted by Crippen LogP contribution is 2.35. The molecule has 2 aliphatic rings. The van der Waals surface area contributed by atoms with Gasteiger partial charge >= 0.3 is 0 Å². The fourth-order valence-corrected chi connectivity index (χ4v) is 6.31. The molecule has 6 nitrogen and oxygen atoms in total. The van der Waals surface area contributed by atoms with Crippen molar-refractivity contribution in [3.05, 3.63) is 59.3 Å². The van der Waals surface area contributed by atoms with Crippen molar-refractivity contribution in [2.24, 2.45) is 5.92 Å². The van der Waals surface area contributed by atoms with Crippen molar-refractivity contribution in [2.45, 2.75) is 64.0 Å². The SMILES string of the molecule is Cc1cc(C)cc([C@H]2CC[C@@H](OC[C@@H]3CN(c4ccccn4)CC[C@@H]3NS(C)(=O)=O)CC2)c1. The number of aromatic nitrogens is 1. The fourth-order valence-electron chi connectivity index (χ4n) is 5.45. The van der Waals surface area contributed by atoms with E-state index in [0.717, 1.165) is 51.0 Å². The van der Waals surface area contributed by atoms with Crippen LogP contribution in [0.4, 0.5) is 5.82 Å². The van der Waals surface area contributed by atoms with Crippen molar-refractivity contribution in [1.29, 1.82) is 0 Å². The molecule has 7 heteroatoms. The van der Waals surface area contributed by atoms with E-state index in [1.165, 1.54) is 22.9 Å². The minimum Gasteiger partial charge on any atom is -0.378 e.